The van der Waals surface area contributed by atoms with E-state index in [2.05, 4.69) is 6.92 Å². The average molecular weight is 155 g/mol. The fourth-order valence-corrected chi connectivity index (χ4v) is 1.16. The van der Waals surface area contributed by atoms with Crippen molar-refractivity contribution in [3.63, 3.8) is 0 Å². The second kappa shape index (κ2) is 5.61. The van der Waals surface area contributed by atoms with Gasteiger partial charge in [-0.15, -0.1) is 0 Å². The van der Waals surface area contributed by atoms with Crippen molar-refractivity contribution in [3.05, 3.63) is 0 Å². The van der Waals surface area contributed by atoms with Gasteiger partial charge in [0, 0.05) is 13.2 Å². The van der Waals surface area contributed by atoms with Gasteiger partial charge in [-0.1, -0.05) is 0 Å². The molecule has 0 N–H and O–H groups in total. The molecule has 0 aromatic heterocycles. The molecule has 0 aromatic rings. The molecule has 2 fully saturated rings. The number of ether oxygens (including phenoxy) is 1. The van der Waals surface area contributed by atoms with Crippen molar-refractivity contribution in [1.29, 1.82) is 0 Å². The summed E-state index contributed by atoms with van der Waals surface area (Å²) in [6.07, 6.45) is 5.45. The SMILES string of the molecule is CC1CCCO1.[B]1CCCO1. The molecule has 11 heavy (non-hydrogen) atoms. The largest absolute Gasteiger partial charge is 0.441 e. The van der Waals surface area contributed by atoms with Gasteiger partial charge in [0.15, 0.2) is 0 Å². The Morgan fingerprint density at radius 3 is 2.36 bits per heavy atom. The maximum Gasteiger partial charge on any atom is 0.292 e. The summed E-state index contributed by atoms with van der Waals surface area (Å²) in [5, 5.41) is 0. The summed E-state index contributed by atoms with van der Waals surface area (Å²) in [5.74, 6) is 0. The first-order valence-corrected chi connectivity index (χ1v) is 4.44. The molecule has 2 aliphatic heterocycles. The highest BCUT2D eigenvalue weighted by molar-refractivity contribution is 6.27. The summed E-state index contributed by atoms with van der Waals surface area (Å²) in [6, 6.07) is 0. The van der Waals surface area contributed by atoms with Crippen LogP contribution >= 0.6 is 0 Å². The Labute approximate surface area is 69.5 Å². The normalized spacial score (nSPS) is 29.0. The van der Waals surface area contributed by atoms with Crippen molar-refractivity contribution >= 4 is 7.48 Å². The van der Waals surface area contributed by atoms with Crippen LogP contribution in [-0.4, -0.2) is 26.8 Å². The Morgan fingerprint density at radius 1 is 1.27 bits per heavy atom. The molecule has 0 amide bonds. The second-order valence-electron chi connectivity index (χ2n) is 3.00. The van der Waals surface area contributed by atoms with Crippen LogP contribution in [0.1, 0.15) is 26.2 Å². The van der Waals surface area contributed by atoms with Crippen molar-refractivity contribution in [2.75, 3.05) is 13.2 Å². The molecule has 2 rings (SSSR count). The van der Waals surface area contributed by atoms with E-state index in [0.29, 0.717) is 6.10 Å². The Bertz CT molecular complexity index is 80.5. The molecule has 0 aliphatic carbocycles. The lowest BCUT2D eigenvalue weighted by molar-refractivity contribution is 0.125. The van der Waals surface area contributed by atoms with Crippen molar-refractivity contribution < 1.29 is 9.39 Å². The molecular weight excluding hydrogens is 139 g/mol. The van der Waals surface area contributed by atoms with Crippen molar-refractivity contribution in [3.8, 4) is 0 Å². The fraction of sp³-hybridized carbons (Fsp3) is 1.00. The summed E-state index contributed by atoms with van der Waals surface area (Å²) in [4.78, 5) is 0. The number of rotatable bonds is 0. The first-order valence-electron chi connectivity index (χ1n) is 4.44. The fourth-order valence-electron chi connectivity index (χ4n) is 1.16. The van der Waals surface area contributed by atoms with Gasteiger partial charge in [0.2, 0.25) is 0 Å². The van der Waals surface area contributed by atoms with Gasteiger partial charge in [0.1, 0.15) is 0 Å². The molecule has 0 aromatic carbocycles. The van der Waals surface area contributed by atoms with E-state index in [0.717, 1.165) is 19.5 Å². The molecule has 2 saturated heterocycles. The van der Waals surface area contributed by atoms with E-state index < -0.39 is 0 Å². The molecule has 63 valence electrons. The Morgan fingerprint density at radius 2 is 2.18 bits per heavy atom. The lowest BCUT2D eigenvalue weighted by Crippen LogP contribution is -1.94. The Hall–Kier alpha value is -0.0151. The zero-order valence-corrected chi connectivity index (χ0v) is 7.21. The quantitative estimate of drug-likeness (QED) is 0.495. The van der Waals surface area contributed by atoms with Crippen LogP contribution in [-0.2, 0) is 9.39 Å². The van der Waals surface area contributed by atoms with Crippen LogP contribution in [0.5, 0.6) is 0 Å². The molecule has 0 saturated carbocycles. The van der Waals surface area contributed by atoms with Crippen LogP contribution in [0.4, 0.5) is 0 Å². The third-order valence-electron chi connectivity index (χ3n) is 1.86. The zero-order chi connectivity index (χ0) is 7.94. The standard InChI is InChI=1S/C5H10O.C3H6BO/c1-5-3-2-4-6-5;1-2-4-5-3-1/h5H,2-4H2,1H3;1-3H2. The minimum atomic E-state index is 0.546. The van der Waals surface area contributed by atoms with Gasteiger partial charge in [-0.25, -0.2) is 0 Å². The van der Waals surface area contributed by atoms with Crippen LogP contribution in [0, 0.1) is 0 Å². The number of hydrogen-bond acceptors (Lipinski definition) is 2. The smallest absolute Gasteiger partial charge is 0.292 e. The molecule has 2 nitrogen and oxygen atoms in total. The molecule has 1 radical (unpaired) electrons. The molecule has 2 aliphatic rings. The molecule has 0 bridgehead atoms. The lowest BCUT2D eigenvalue weighted by Gasteiger charge is -1.94. The highest BCUT2D eigenvalue weighted by Crippen LogP contribution is 2.09. The van der Waals surface area contributed by atoms with E-state index in [1.54, 1.807) is 0 Å². The Balaban J connectivity index is 0.000000112. The summed E-state index contributed by atoms with van der Waals surface area (Å²) in [7, 11) is 1.86. The molecule has 1 atom stereocenters. The topological polar surface area (TPSA) is 18.5 Å². The van der Waals surface area contributed by atoms with Crippen LogP contribution in [0.3, 0.4) is 0 Å². The van der Waals surface area contributed by atoms with E-state index in [1.807, 2.05) is 7.48 Å². The molecule has 3 heteroatoms. The highest BCUT2D eigenvalue weighted by atomic mass is 16.5. The number of hydrogen-bond donors (Lipinski definition) is 0. The van der Waals surface area contributed by atoms with E-state index in [-0.39, 0.29) is 0 Å². The van der Waals surface area contributed by atoms with Crippen LogP contribution in [0.15, 0.2) is 0 Å². The highest BCUT2D eigenvalue weighted by Gasteiger charge is 2.07. The minimum Gasteiger partial charge on any atom is -0.441 e. The van der Waals surface area contributed by atoms with Gasteiger partial charge < -0.3 is 9.39 Å². The van der Waals surface area contributed by atoms with Crippen LogP contribution < -0.4 is 0 Å². The minimum absolute atomic E-state index is 0.546. The first kappa shape index (κ1) is 9.08. The average Bonchev–Trinajstić information content (AvgIpc) is 2.57. The molecule has 1 unspecified atom stereocenters. The van der Waals surface area contributed by atoms with Crippen LogP contribution in [0.25, 0.3) is 0 Å². The lowest BCUT2D eigenvalue weighted by atomic mass is 9.98. The van der Waals surface area contributed by atoms with E-state index in [9.17, 15) is 0 Å². The van der Waals surface area contributed by atoms with E-state index >= 15 is 0 Å². The van der Waals surface area contributed by atoms with E-state index in [1.165, 1.54) is 19.3 Å². The van der Waals surface area contributed by atoms with Gasteiger partial charge in [0.05, 0.1) is 6.10 Å². The van der Waals surface area contributed by atoms with Gasteiger partial charge in [-0.2, -0.15) is 0 Å². The van der Waals surface area contributed by atoms with Crippen molar-refractivity contribution in [2.24, 2.45) is 0 Å². The maximum absolute atomic E-state index is 5.15. The summed E-state index contributed by atoms with van der Waals surface area (Å²) in [6.45, 7) is 4.05. The van der Waals surface area contributed by atoms with E-state index in [4.69, 9.17) is 9.39 Å². The molecular formula is C8H16BO2. The summed E-state index contributed by atoms with van der Waals surface area (Å²) in [5.41, 5.74) is 0. The van der Waals surface area contributed by atoms with Gasteiger partial charge >= 0.3 is 0 Å². The monoisotopic (exact) mass is 155 g/mol. The zero-order valence-electron chi connectivity index (χ0n) is 7.21. The Kier molecular flexibility index (Phi) is 4.63. The third-order valence-corrected chi connectivity index (χ3v) is 1.86. The first-order chi connectivity index (χ1) is 5.39. The predicted molar refractivity (Wildman–Crippen MR) is 45.8 cm³/mol. The van der Waals surface area contributed by atoms with Gasteiger partial charge in [-0.3, -0.25) is 0 Å². The second-order valence-corrected chi connectivity index (χ2v) is 3.00. The van der Waals surface area contributed by atoms with Crippen molar-refractivity contribution in [2.45, 2.75) is 38.6 Å². The molecule has 0 spiro atoms. The summed E-state index contributed by atoms with van der Waals surface area (Å²) >= 11 is 0. The maximum atomic E-state index is 5.15. The van der Waals surface area contributed by atoms with Crippen LogP contribution in [0.2, 0.25) is 6.32 Å². The summed E-state index contributed by atoms with van der Waals surface area (Å²) < 4.78 is 9.97. The van der Waals surface area contributed by atoms with Crippen molar-refractivity contribution in [1.82, 2.24) is 0 Å². The third kappa shape index (κ3) is 4.43. The van der Waals surface area contributed by atoms with Gasteiger partial charge in [0.25, 0.3) is 7.48 Å². The van der Waals surface area contributed by atoms with Gasteiger partial charge in [-0.05, 0) is 32.5 Å². The predicted octanol–water partition coefficient (Wildman–Crippen LogP) is 1.63. The molecule has 2 heterocycles.